The number of unbranched alkanes of at least 4 members (excludes halogenated alkanes) is 4. The van der Waals surface area contributed by atoms with Gasteiger partial charge in [0.15, 0.2) is 0 Å². The lowest BCUT2D eigenvalue weighted by Crippen LogP contribution is -2.28. The second kappa shape index (κ2) is 8.68. The van der Waals surface area contributed by atoms with E-state index in [-0.39, 0.29) is 6.04 Å². The second-order valence-corrected chi connectivity index (χ2v) is 5.90. The van der Waals surface area contributed by atoms with E-state index in [1.54, 1.807) is 0 Å². The van der Waals surface area contributed by atoms with Gasteiger partial charge in [-0.2, -0.15) is 0 Å². The van der Waals surface area contributed by atoms with Crippen molar-refractivity contribution in [2.75, 3.05) is 0 Å². The average Bonchev–Trinajstić information content (AvgIpc) is 2.32. The fourth-order valence-electron chi connectivity index (χ4n) is 2.26. The van der Waals surface area contributed by atoms with Crippen LogP contribution in [-0.2, 0) is 0 Å². The van der Waals surface area contributed by atoms with E-state index in [0.717, 1.165) is 10.9 Å². The van der Waals surface area contributed by atoms with Gasteiger partial charge in [-0.05, 0) is 36.6 Å². The van der Waals surface area contributed by atoms with Crippen molar-refractivity contribution in [1.82, 2.24) is 5.43 Å². The molecule has 3 N–H and O–H groups in total. The number of benzene rings is 1. The van der Waals surface area contributed by atoms with Crippen molar-refractivity contribution in [2.45, 2.75) is 58.4 Å². The van der Waals surface area contributed by atoms with Crippen LogP contribution in [0.15, 0.2) is 22.7 Å². The van der Waals surface area contributed by atoms with Gasteiger partial charge in [0.1, 0.15) is 0 Å². The molecule has 0 saturated heterocycles. The summed E-state index contributed by atoms with van der Waals surface area (Å²) in [6.45, 7) is 4.36. The molecule has 3 heteroatoms. The van der Waals surface area contributed by atoms with Crippen molar-refractivity contribution in [3.8, 4) is 0 Å². The summed E-state index contributed by atoms with van der Waals surface area (Å²) in [6, 6.07) is 6.76. The van der Waals surface area contributed by atoms with Crippen molar-refractivity contribution in [3.63, 3.8) is 0 Å². The minimum Gasteiger partial charge on any atom is -0.271 e. The molecule has 0 radical (unpaired) electrons. The summed E-state index contributed by atoms with van der Waals surface area (Å²) in [7, 11) is 0. The maximum absolute atomic E-state index is 5.68. The fraction of sp³-hybridized carbons (Fsp3) is 0.600. The molecule has 0 bridgehead atoms. The van der Waals surface area contributed by atoms with Crippen LogP contribution < -0.4 is 11.3 Å². The maximum Gasteiger partial charge on any atom is 0.0460 e. The van der Waals surface area contributed by atoms with E-state index in [2.05, 4.69) is 53.4 Å². The van der Waals surface area contributed by atoms with Crippen molar-refractivity contribution < 1.29 is 0 Å². The Kier molecular flexibility index (Phi) is 7.56. The van der Waals surface area contributed by atoms with Gasteiger partial charge in [0, 0.05) is 10.5 Å². The van der Waals surface area contributed by atoms with E-state index in [4.69, 9.17) is 5.84 Å². The van der Waals surface area contributed by atoms with Crippen LogP contribution in [0.1, 0.15) is 62.6 Å². The third-order valence-corrected chi connectivity index (χ3v) is 3.72. The smallest absolute Gasteiger partial charge is 0.0460 e. The molecule has 0 saturated carbocycles. The minimum absolute atomic E-state index is 0.267. The first-order chi connectivity index (χ1) is 8.67. The first kappa shape index (κ1) is 15.7. The van der Waals surface area contributed by atoms with Crippen molar-refractivity contribution in [1.29, 1.82) is 0 Å². The van der Waals surface area contributed by atoms with Crippen LogP contribution in [0.3, 0.4) is 0 Å². The molecule has 1 unspecified atom stereocenters. The first-order valence-electron chi connectivity index (χ1n) is 6.90. The van der Waals surface area contributed by atoms with Crippen LogP contribution in [0, 0.1) is 6.92 Å². The molecule has 0 heterocycles. The van der Waals surface area contributed by atoms with Crippen LogP contribution in [0.25, 0.3) is 0 Å². The third-order valence-electron chi connectivity index (χ3n) is 3.26. The number of aryl methyl sites for hydroxylation is 1. The Labute approximate surface area is 119 Å². The highest BCUT2D eigenvalue weighted by Gasteiger charge is 2.10. The summed E-state index contributed by atoms with van der Waals surface area (Å²) >= 11 is 3.54. The quantitative estimate of drug-likeness (QED) is 0.417. The molecule has 0 aliphatic rings. The van der Waals surface area contributed by atoms with Crippen molar-refractivity contribution >= 4 is 15.9 Å². The average molecular weight is 313 g/mol. The molecule has 0 fully saturated rings. The number of hydrogen-bond donors (Lipinski definition) is 2. The van der Waals surface area contributed by atoms with Gasteiger partial charge in [-0.25, -0.2) is 0 Å². The molecular formula is C15H25BrN2. The Hall–Kier alpha value is -0.380. The molecule has 1 aromatic rings. The minimum atomic E-state index is 0.267. The lowest BCUT2D eigenvalue weighted by molar-refractivity contribution is 0.478. The number of nitrogens with one attached hydrogen (secondary N) is 1. The Morgan fingerprint density at radius 3 is 2.50 bits per heavy atom. The summed E-state index contributed by atoms with van der Waals surface area (Å²) < 4.78 is 1.13. The van der Waals surface area contributed by atoms with Gasteiger partial charge in [0.05, 0.1) is 0 Å². The third kappa shape index (κ3) is 5.51. The fourth-order valence-corrected chi connectivity index (χ4v) is 2.89. The van der Waals surface area contributed by atoms with Crippen LogP contribution in [0.4, 0.5) is 0 Å². The monoisotopic (exact) mass is 312 g/mol. The zero-order valence-electron chi connectivity index (χ0n) is 11.5. The Balaban J connectivity index is 2.49. The Morgan fingerprint density at radius 2 is 1.89 bits per heavy atom. The zero-order chi connectivity index (χ0) is 13.4. The molecule has 0 aliphatic heterocycles. The predicted molar refractivity (Wildman–Crippen MR) is 82.3 cm³/mol. The highest BCUT2D eigenvalue weighted by Crippen LogP contribution is 2.24. The van der Waals surface area contributed by atoms with Gasteiger partial charge in [-0.15, -0.1) is 0 Å². The summed E-state index contributed by atoms with van der Waals surface area (Å²) in [5, 5.41) is 0. The standard InChI is InChI=1S/C15H25BrN2/c1-3-4-5-6-7-8-15(18-17)13-9-12(2)10-14(16)11-13/h9-11,15,18H,3-8,17H2,1-2H3. The maximum atomic E-state index is 5.68. The molecule has 0 aromatic heterocycles. The molecule has 0 aliphatic carbocycles. The normalized spacial score (nSPS) is 12.7. The van der Waals surface area contributed by atoms with Gasteiger partial charge in [-0.3, -0.25) is 11.3 Å². The molecule has 0 spiro atoms. The van der Waals surface area contributed by atoms with Gasteiger partial charge >= 0.3 is 0 Å². The van der Waals surface area contributed by atoms with E-state index in [9.17, 15) is 0 Å². The Bertz CT molecular complexity index is 332. The van der Waals surface area contributed by atoms with Crippen molar-refractivity contribution in [3.05, 3.63) is 33.8 Å². The highest BCUT2D eigenvalue weighted by atomic mass is 79.9. The number of nitrogens with two attached hydrogens (primary N) is 1. The predicted octanol–water partition coefficient (Wildman–Crippen LogP) is 4.62. The van der Waals surface area contributed by atoms with Gasteiger partial charge in [0.25, 0.3) is 0 Å². The van der Waals surface area contributed by atoms with E-state index >= 15 is 0 Å². The van der Waals surface area contributed by atoms with Crippen LogP contribution in [0.5, 0.6) is 0 Å². The van der Waals surface area contributed by atoms with E-state index in [1.807, 2.05) is 0 Å². The summed E-state index contributed by atoms with van der Waals surface area (Å²) in [6.07, 6.45) is 7.63. The molecule has 2 nitrogen and oxygen atoms in total. The van der Waals surface area contributed by atoms with E-state index < -0.39 is 0 Å². The van der Waals surface area contributed by atoms with E-state index in [1.165, 1.54) is 43.2 Å². The van der Waals surface area contributed by atoms with Gasteiger partial charge in [-0.1, -0.05) is 61.0 Å². The number of hydrogen-bond acceptors (Lipinski definition) is 2. The highest BCUT2D eigenvalue weighted by molar-refractivity contribution is 9.10. The lowest BCUT2D eigenvalue weighted by atomic mass is 9.99. The number of hydrazine groups is 1. The lowest BCUT2D eigenvalue weighted by Gasteiger charge is -2.17. The summed E-state index contributed by atoms with van der Waals surface area (Å²) in [5.74, 6) is 5.68. The molecule has 1 aromatic carbocycles. The number of rotatable bonds is 8. The summed E-state index contributed by atoms with van der Waals surface area (Å²) in [5.41, 5.74) is 5.49. The van der Waals surface area contributed by atoms with Gasteiger partial charge in [0.2, 0.25) is 0 Å². The Morgan fingerprint density at radius 1 is 1.17 bits per heavy atom. The van der Waals surface area contributed by atoms with Crippen LogP contribution >= 0.6 is 15.9 Å². The van der Waals surface area contributed by atoms with E-state index in [0.29, 0.717) is 0 Å². The summed E-state index contributed by atoms with van der Waals surface area (Å²) in [4.78, 5) is 0. The molecule has 1 atom stereocenters. The molecule has 1 rings (SSSR count). The zero-order valence-corrected chi connectivity index (χ0v) is 13.1. The van der Waals surface area contributed by atoms with Gasteiger partial charge < -0.3 is 0 Å². The topological polar surface area (TPSA) is 38.0 Å². The van der Waals surface area contributed by atoms with Crippen LogP contribution in [0.2, 0.25) is 0 Å². The first-order valence-corrected chi connectivity index (χ1v) is 7.70. The molecular weight excluding hydrogens is 288 g/mol. The van der Waals surface area contributed by atoms with Crippen molar-refractivity contribution in [2.24, 2.45) is 5.84 Å². The SMILES string of the molecule is CCCCCCCC(NN)c1cc(C)cc(Br)c1. The largest absolute Gasteiger partial charge is 0.271 e. The molecule has 102 valence electrons. The molecule has 18 heavy (non-hydrogen) atoms. The number of halogens is 1. The second-order valence-electron chi connectivity index (χ2n) is 4.98. The van der Waals surface area contributed by atoms with Crippen LogP contribution in [-0.4, -0.2) is 0 Å². The molecule has 0 amide bonds.